The van der Waals surface area contributed by atoms with E-state index in [2.05, 4.69) is 0 Å². The van der Waals surface area contributed by atoms with E-state index in [1.165, 1.54) is 12.1 Å². The molecule has 5 atom stereocenters. The molecule has 0 aromatic heterocycles. The molecule has 20 heavy (non-hydrogen) atoms. The van der Waals surface area contributed by atoms with Crippen LogP contribution in [-0.2, 0) is 4.74 Å². The van der Waals surface area contributed by atoms with Gasteiger partial charge in [0.15, 0.2) is 0 Å². The Kier molecular flexibility index (Phi) is 4.46. The van der Waals surface area contributed by atoms with Crippen molar-refractivity contribution in [1.29, 1.82) is 0 Å². The first-order valence-corrected chi connectivity index (χ1v) is 6.20. The van der Waals surface area contributed by atoms with Crippen molar-refractivity contribution in [1.82, 2.24) is 0 Å². The molecule has 7 heteroatoms. The first kappa shape index (κ1) is 15.0. The Bertz CT molecular complexity index is 442. The number of hydrogen-bond acceptors (Lipinski definition) is 7. The van der Waals surface area contributed by atoms with Crippen LogP contribution in [0.2, 0.25) is 0 Å². The largest absolute Gasteiger partial charge is 0.508 e. The number of hydrogen-bond donors (Lipinski definition) is 5. The summed E-state index contributed by atoms with van der Waals surface area (Å²) in [7, 11) is 0. The van der Waals surface area contributed by atoms with Gasteiger partial charge in [0.1, 0.15) is 35.9 Å². The SMILES string of the molecule is Cc1cc(O)cc(O[C@H]2O[C@@H](CO)[C@H](O)[C@@H](O)[C@@H]2O)c1. The summed E-state index contributed by atoms with van der Waals surface area (Å²) in [4.78, 5) is 0. The van der Waals surface area contributed by atoms with Gasteiger partial charge in [-0.25, -0.2) is 0 Å². The fourth-order valence-corrected chi connectivity index (χ4v) is 2.10. The van der Waals surface area contributed by atoms with E-state index in [0.29, 0.717) is 0 Å². The second kappa shape index (κ2) is 5.94. The van der Waals surface area contributed by atoms with E-state index in [1.807, 2.05) is 0 Å². The summed E-state index contributed by atoms with van der Waals surface area (Å²) in [5.41, 5.74) is 0.740. The Balaban J connectivity index is 2.15. The average Bonchev–Trinajstić information content (AvgIpc) is 2.38. The molecule has 1 aromatic carbocycles. The molecule has 1 aliphatic rings. The highest BCUT2D eigenvalue weighted by atomic mass is 16.7. The van der Waals surface area contributed by atoms with Crippen molar-refractivity contribution in [2.75, 3.05) is 6.61 Å². The van der Waals surface area contributed by atoms with Crippen molar-refractivity contribution in [3.63, 3.8) is 0 Å². The molecule has 2 rings (SSSR count). The number of phenolic OH excluding ortho intramolecular Hbond substituents is 1. The maximum absolute atomic E-state index is 9.82. The van der Waals surface area contributed by atoms with E-state index < -0.39 is 37.3 Å². The second-order valence-electron chi connectivity index (χ2n) is 4.82. The van der Waals surface area contributed by atoms with Crippen LogP contribution in [0.25, 0.3) is 0 Å². The molecular formula is C13H18O7. The number of ether oxygens (including phenoxy) is 2. The highest BCUT2D eigenvalue weighted by Gasteiger charge is 2.44. The predicted octanol–water partition coefficient (Wildman–Crippen LogP) is -1.12. The maximum Gasteiger partial charge on any atom is 0.229 e. The average molecular weight is 286 g/mol. The highest BCUT2D eigenvalue weighted by molar-refractivity contribution is 5.36. The fourth-order valence-electron chi connectivity index (χ4n) is 2.10. The van der Waals surface area contributed by atoms with Crippen LogP contribution in [0.3, 0.4) is 0 Å². The van der Waals surface area contributed by atoms with Crippen LogP contribution in [0.15, 0.2) is 18.2 Å². The molecule has 0 saturated carbocycles. The molecule has 0 radical (unpaired) electrons. The van der Waals surface area contributed by atoms with Gasteiger partial charge < -0.3 is 35.0 Å². The first-order valence-electron chi connectivity index (χ1n) is 6.20. The summed E-state index contributed by atoms with van der Waals surface area (Å²) in [5.74, 6) is 0.233. The van der Waals surface area contributed by atoms with Crippen LogP contribution in [0.4, 0.5) is 0 Å². The zero-order chi connectivity index (χ0) is 14.9. The lowest BCUT2D eigenvalue weighted by Crippen LogP contribution is -2.60. The molecule has 7 nitrogen and oxygen atoms in total. The topological polar surface area (TPSA) is 120 Å². The van der Waals surface area contributed by atoms with E-state index in [1.54, 1.807) is 13.0 Å². The van der Waals surface area contributed by atoms with Gasteiger partial charge in [0.05, 0.1) is 6.61 Å². The number of aliphatic hydroxyl groups is 4. The molecule has 0 amide bonds. The van der Waals surface area contributed by atoms with Crippen LogP contribution in [-0.4, -0.2) is 62.8 Å². The minimum atomic E-state index is -1.50. The van der Waals surface area contributed by atoms with Crippen LogP contribution >= 0.6 is 0 Å². The lowest BCUT2D eigenvalue weighted by Gasteiger charge is -2.39. The Labute approximate surface area is 115 Å². The molecule has 112 valence electrons. The van der Waals surface area contributed by atoms with Gasteiger partial charge in [-0.3, -0.25) is 0 Å². The summed E-state index contributed by atoms with van der Waals surface area (Å²) in [6.45, 7) is 1.23. The quantitative estimate of drug-likeness (QED) is 0.477. The lowest BCUT2D eigenvalue weighted by atomic mass is 9.99. The first-order chi connectivity index (χ1) is 9.42. The maximum atomic E-state index is 9.82. The molecule has 1 aromatic rings. The van der Waals surface area contributed by atoms with Crippen molar-refractivity contribution in [3.05, 3.63) is 23.8 Å². The highest BCUT2D eigenvalue weighted by Crippen LogP contribution is 2.27. The van der Waals surface area contributed by atoms with E-state index in [0.717, 1.165) is 5.56 Å². The van der Waals surface area contributed by atoms with Gasteiger partial charge in [-0.1, -0.05) is 0 Å². The summed E-state index contributed by atoms with van der Waals surface area (Å²) in [6.07, 6.45) is -6.69. The molecule has 1 fully saturated rings. The number of aliphatic hydroxyl groups excluding tert-OH is 4. The minimum absolute atomic E-state index is 0.00964. The molecule has 0 unspecified atom stereocenters. The van der Waals surface area contributed by atoms with Gasteiger partial charge in [0, 0.05) is 6.07 Å². The van der Waals surface area contributed by atoms with Crippen molar-refractivity contribution in [2.24, 2.45) is 0 Å². The van der Waals surface area contributed by atoms with Gasteiger partial charge in [0.2, 0.25) is 6.29 Å². The Morgan fingerprint density at radius 3 is 2.40 bits per heavy atom. The molecule has 1 saturated heterocycles. The molecule has 0 aliphatic carbocycles. The van der Waals surface area contributed by atoms with Gasteiger partial charge in [-0.15, -0.1) is 0 Å². The monoisotopic (exact) mass is 286 g/mol. The van der Waals surface area contributed by atoms with E-state index in [9.17, 15) is 20.4 Å². The Hall–Kier alpha value is -1.38. The third-order valence-electron chi connectivity index (χ3n) is 3.14. The summed E-state index contributed by atoms with van der Waals surface area (Å²) >= 11 is 0. The zero-order valence-corrected chi connectivity index (χ0v) is 10.9. The van der Waals surface area contributed by atoms with Crippen LogP contribution in [0.5, 0.6) is 11.5 Å². The Morgan fingerprint density at radius 1 is 1.10 bits per heavy atom. The van der Waals surface area contributed by atoms with Crippen LogP contribution < -0.4 is 4.74 Å². The van der Waals surface area contributed by atoms with E-state index in [-0.39, 0.29) is 11.5 Å². The molecule has 0 bridgehead atoms. The van der Waals surface area contributed by atoms with Gasteiger partial charge in [-0.05, 0) is 24.6 Å². The van der Waals surface area contributed by atoms with Crippen molar-refractivity contribution in [2.45, 2.75) is 37.6 Å². The van der Waals surface area contributed by atoms with Crippen LogP contribution in [0, 0.1) is 6.92 Å². The second-order valence-corrected chi connectivity index (χ2v) is 4.82. The Morgan fingerprint density at radius 2 is 1.80 bits per heavy atom. The fraction of sp³-hybridized carbons (Fsp3) is 0.538. The summed E-state index contributed by atoms with van der Waals surface area (Å²) < 4.78 is 10.6. The lowest BCUT2D eigenvalue weighted by molar-refractivity contribution is -0.277. The number of aryl methyl sites for hydroxylation is 1. The van der Waals surface area contributed by atoms with Crippen molar-refractivity contribution < 1.29 is 35.0 Å². The van der Waals surface area contributed by atoms with E-state index >= 15 is 0 Å². The molecule has 0 spiro atoms. The normalized spacial score (nSPS) is 34.0. The molecular weight excluding hydrogens is 268 g/mol. The molecule has 5 N–H and O–H groups in total. The molecule has 1 aliphatic heterocycles. The number of rotatable bonds is 3. The number of benzene rings is 1. The van der Waals surface area contributed by atoms with Crippen molar-refractivity contribution in [3.8, 4) is 11.5 Å². The standard InChI is InChI=1S/C13H18O7/c1-6-2-7(15)4-8(3-6)19-13-12(18)11(17)10(16)9(5-14)20-13/h2-4,9-18H,5H2,1H3/t9-,10-,11+,12-,13-/m0/s1. The van der Waals surface area contributed by atoms with E-state index in [4.69, 9.17) is 14.6 Å². The summed E-state index contributed by atoms with van der Waals surface area (Å²) in [5, 5.41) is 47.6. The smallest absolute Gasteiger partial charge is 0.229 e. The van der Waals surface area contributed by atoms with Crippen LogP contribution in [0.1, 0.15) is 5.56 Å². The van der Waals surface area contributed by atoms with Gasteiger partial charge in [-0.2, -0.15) is 0 Å². The van der Waals surface area contributed by atoms with Crippen molar-refractivity contribution >= 4 is 0 Å². The minimum Gasteiger partial charge on any atom is -0.508 e. The third-order valence-corrected chi connectivity index (χ3v) is 3.14. The predicted molar refractivity (Wildman–Crippen MR) is 67.2 cm³/mol. The molecule has 1 heterocycles. The number of phenols is 1. The van der Waals surface area contributed by atoms with Gasteiger partial charge in [0.25, 0.3) is 0 Å². The summed E-state index contributed by atoms with van der Waals surface area (Å²) in [6, 6.07) is 4.47. The zero-order valence-electron chi connectivity index (χ0n) is 10.9. The third kappa shape index (κ3) is 3.02. The number of aromatic hydroxyl groups is 1. The van der Waals surface area contributed by atoms with Gasteiger partial charge >= 0.3 is 0 Å².